The molecule has 0 spiro atoms. The monoisotopic (exact) mass is 205 g/mol. The molecule has 0 bridgehead atoms. The average molecular weight is 205 g/mol. The molecular formula is C9H10F3NO. The Morgan fingerprint density at radius 2 is 1.71 bits per heavy atom. The molecule has 0 aliphatic heterocycles. The number of hydrogen-bond acceptors (Lipinski definition) is 2. The molecule has 1 rings (SSSR count). The van der Waals surface area contributed by atoms with Crippen molar-refractivity contribution in [3.63, 3.8) is 0 Å². The molecule has 78 valence electrons. The van der Waals surface area contributed by atoms with E-state index in [1.54, 1.807) is 0 Å². The summed E-state index contributed by atoms with van der Waals surface area (Å²) in [5.74, 6) is -3.42. The maximum absolute atomic E-state index is 13.0. The second kappa shape index (κ2) is 4.43. The van der Waals surface area contributed by atoms with Crippen molar-refractivity contribution in [2.75, 3.05) is 6.54 Å². The number of aliphatic hydroxyl groups is 1. The first kappa shape index (κ1) is 11.0. The second-order valence-electron chi connectivity index (χ2n) is 2.88. The number of benzene rings is 1. The molecule has 1 aromatic carbocycles. The van der Waals surface area contributed by atoms with Crippen LogP contribution in [0.5, 0.6) is 0 Å². The van der Waals surface area contributed by atoms with Crippen molar-refractivity contribution < 1.29 is 18.3 Å². The molecule has 14 heavy (non-hydrogen) atoms. The molecule has 1 unspecified atom stereocenters. The van der Waals surface area contributed by atoms with Crippen molar-refractivity contribution in [1.29, 1.82) is 0 Å². The van der Waals surface area contributed by atoms with Gasteiger partial charge >= 0.3 is 0 Å². The smallest absolute Gasteiger partial charge is 0.161 e. The van der Waals surface area contributed by atoms with Crippen molar-refractivity contribution in [1.82, 2.24) is 0 Å². The van der Waals surface area contributed by atoms with Crippen LogP contribution in [0, 0.1) is 17.5 Å². The van der Waals surface area contributed by atoms with Crippen molar-refractivity contribution in [3.8, 4) is 0 Å². The highest BCUT2D eigenvalue weighted by atomic mass is 19.2. The van der Waals surface area contributed by atoms with Gasteiger partial charge < -0.3 is 10.8 Å². The number of nitrogens with two attached hydrogens (primary N) is 1. The minimum Gasteiger partial charge on any atom is -0.388 e. The molecule has 0 heterocycles. The van der Waals surface area contributed by atoms with Gasteiger partial charge in [0, 0.05) is 11.6 Å². The molecule has 3 N–H and O–H groups in total. The lowest BCUT2D eigenvalue weighted by Gasteiger charge is -2.10. The average Bonchev–Trinajstić information content (AvgIpc) is 2.11. The molecule has 1 atom stereocenters. The highest BCUT2D eigenvalue weighted by Crippen LogP contribution is 2.22. The van der Waals surface area contributed by atoms with Gasteiger partial charge in [-0.25, -0.2) is 13.2 Å². The summed E-state index contributed by atoms with van der Waals surface area (Å²) < 4.78 is 38.2. The largest absolute Gasteiger partial charge is 0.388 e. The van der Waals surface area contributed by atoms with Gasteiger partial charge in [0.2, 0.25) is 0 Å². The number of rotatable bonds is 3. The van der Waals surface area contributed by atoms with E-state index in [1.807, 2.05) is 0 Å². The van der Waals surface area contributed by atoms with E-state index in [4.69, 9.17) is 5.73 Å². The molecule has 0 aromatic heterocycles. The molecule has 0 saturated heterocycles. The summed E-state index contributed by atoms with van der Waals surface area (Å²) in [5.41, 5.74) is 4.87. The van der Waals surface area contributed by atoms with Crippen LogP contribution in [0.3, 0.4) is 0 Å². The van der Waals surface area contributed by atoms with Gasteiger partial charge in [-0.2, -0.15) is 0 Å². The Bertz CT molecular complexity index is 330. The lowest BCUT2D eigenvalue weighted by molar-refractivity contribution is 0.165. The zero-order valence-corrected chi connectivity index (χ0v) is 7.30. The Morgan fingerprint density at radius 1 is 1.14 bits per heavy atom. The first-order valence-electron chi connectivity index (χ1n) is 4.09. The van der Waals surface area contributed by atoms with E-state index in [0.29, 0.717) is 12.1 Å². The van der Waals surface area contributed by atoms with E-state index in [2.05, 4.69) is 0 Å². The molecule has 0 amide bonds. The lowest BCUT2D eigenvalue weighted by atomic mass is 10.1. The van der Waals surface area contributed by atoms with Crippen molar-refractivity contribution in [2.24, 2.45) is 5.73 Å². The van der Waals surface area contributed by atoms with Gasteiger partial charge in [-0.15, -0.1) is 0 Å². The summed E-state index contributed by atoms with van der Waals surface area (Å²) >= 11 is 0. The van der Waals surface area contributed by atoms with Gasteiger partial charge in [-0.3, -0.25) is 0 Å². The molecule has 0 fully saturated rings. The van der Waals surface area contributed by atoms with Crippen LogP contribution >= 0.6 is 0 Å². The zero-order chi connectivity index (χ0) is 10.7. The van der Waals surface area contributed by atoms with Gasteiger partial charge in [0.15, 0.2) is 11.6 Å². The van der Waals surface area contributed by atoms with Crippen molar-refractivity contribution in [2.45, 2.75) is 12.5 Å². The molecular weight excluding hydrogens is 195 g/mol. The fourth-order valence-corrected chi connectivity index (χ4v) is 1.11. The molecule has 2 nitrogen and oxygen atoms in total. The number of hydrogen-bond donors (Lipinski definition) is 2. The summed E-state index contributed by atoms with van der Waals surface area (Å²) in [6.45, 7) is 0.138. The Balaban J connectivity index is 3.02. The maximum Gasteiger partial charge on any atom is 0.161 e. The highest BCUT2D eigenvalue weighted by Gasteiger charge is 2.15. The summed E-state index contributed by atoms with van der Waals surface area (Å²) in [5, 5.41) is 9.31. The van der Waals surface area contributed by atoms with Crippen LogP contribution in [0.15, 0.2) is 12.1 Å². The third-order valence-corrected chi connectivity index (χ3v) is 1.84. The predicted octanol–water partition coefficient (Wildman–Crippen LogP) is 1.49. The minimum atomic E-state index is -1.27. The van der Waals surface area contributed by atoms with Crippen LogP contribution in [-0.4, -0.2) is 11.7 Å². The third-order valence-electron chi connectivity index (χ3n) is 1.84. The summed E-state index contributed by atoms with van der Waals surface area (Å²) in [6, 6.07) is 1.05. The van der Waals surface area contributed by atoms with Crippen LogP contribution in [0.1, 0.15) is 18.1 Å². The van der Waals surface area contributed by atoms with Crippen LogP contribution in [0.4, 0.5) is 13.2 Å². The molecule has 0 radical (unpaired) electrons. The first-order chi connectivity index (χ1) is 6.56. The first-order valence-corrected chi connectivity index (χ1v) is 4.09. The summed E-state index contributed by atoms with van der Waals surface area (Å²) in [6.07, 6.45) is -1.10. The van der Waals surface area contributed by atoms with Gasteiger partial charge in [-0.1, -0.05) is 0 Å². The van der Waals surface area contributed by atoms with E-state index < -0.39 is 23.6 Å². The summed E-state index contributed by atoms with van der Waals surface area (Å²) in [7, 11) is 0. The molecule has 0 aliphatic carbocycles. The fraction of sp³-hybridized carbons (Fsp3) is 0.333. The topological polar surface area (TPSA) is 46.2 Å². The Labute approximate surface area is 79.2 Å². The van der Waals surface area contributed by atoms with E-state index >= 15 is 0 Å². The van der Waals surface area contributed by atoms with Gasteiger partial charge in [0.1, 0.15) is 5.82 Å². The molecule has 0 saturated carbocycles. The highest BCUT2D eigenvalue weighted by molar-refractivity contribution is 5.22. The van der Waals surface area contributed by atoms with Crippen molar-refractivity contribution in [3.05, 3.63) is 35.1 Å². The molecule has 0 aliphatic rings. The molecule has 5 heteroatoms. The predicted molar refractivity (Wildman–Crippen MR) is 44.9 cm³/mol. The van der Waals surface area contributed by atoms with E-state index in [-0.39, 0.29) is 18.5 Å². The molecule has 1 aromatic rings. The van der Waals surface area contributed by atoms with Crippen molar-refractivity contribution >= 4 is 0 Å². The summed E-state index contributed by atoms with van der Waals surface area (Å²) in [4.78, 5) is 0. The minimum absolute atomic E-state index is 0.0992. The van der Waals surface area contributed by atoms with Crippen LogP contribution in [-0.2, 0) is 0 Å². The van der Waals surface area contributed by atoms with Crippen LogP contribution in [0.25, 0.3) is 0 Å². The van der Waals surface area contributed by atoms with E-state index in [0.717, 1.165) is 0 Å². The second-order valence-corrected chi connectivity index (χ2v) is 2.88. The quantitative estimate of drug-likeness (QED) is 0.734. The zero-order valence-electron chi connectivity index (χ0n) is 7.30. The number of aliphatic hydroxyl groups excluding tert-OH is 1. The SMILES string of the molecule is NCCC(O)c1cc(F)c(F)cc1F. The van der Waals surface area contributed by atoms with Gasteiger partial charge in [0.05, 0.1) is 6.10 Å². The lowest BCUT2D eigenvalue weighted by Crippen LogP contribution is -2.09. The Morgan fingerprint density at radius 3 is 2.29 bits per heavy atom. The fourth-order valence-electron chi connectivity index (χ4n) is 1.11. The standard InChI is InChI=1S/C9H10F3NO/c10-6-4-8(12)7(11)3-5(6)9(14)1-2-13/h3-4,9,14H,1-2,13H2. The van der Waals surface area contributed by atoms with Crippen LogP contribution in [0.2, 0.25) is 0 Å². The maximum atomic E-state index is 13.0. The van der Waals surface area contributed by atoms with Gasteiger partial charge in [0.25, 0.3) is 0 Å². The third kappa shape index (κ3) is 2.24. The van der Waals surface area contributed by atoms with E-state index in [9.17, 15) is 18.3 Å². The van der Waals surface area contributed by atoms with Gasteiger partial charge in [-0.05, 0) is 19.0 Å². The Kier molecular flexibility index (Phi) is 3.49. The normalized spacial score (nSPS) is 12.9. The Hall–Kier alpha value is -1.07. The van der Waals surface area contributed by atoms with Crippen LogP contribution < -0.4 is 5.73 Å². The van der Waals surface area contributed by atoms with E-state index in [1.165, 1.54) is 0 Å². The number of halogens is 3.